The van der Waals surface area contributed by atoms with Crippen LogP contribution in [0.2, 0.25) is 0 Å². The molecule has 0 fully saturated rings. The minimum absolute atomic E-state index is 0.316. The number of benzene rings is 1. The molecule has 19 heavy (non-hydrogen) atoms. The summed E-state index contributed by atoms with van der Waals surface area (Å²) in [5.41, 5.74) is 0.325. The van der Waals surface area contributed by atoms with Crippen molar-refractivity contribution in [2.24, 2.45) is 0 Å². The Bertz CT molecular complexity index is 609. The third-order valence-electron chi connectivity index (χ3n) is 2.93. The van der Waals surface area contributed by atoms with Crippen molar-refractivity contribution in [1.29, 1.82) is 0 Å². The molecule has 0 bridgehead atoms. The van der Waals surface area contributed by atoms with E-state index in [4.69, 9.17) is 9.79 Å². The number of aryl methyl sites for hydroxylation is 1. The van der Waals surface area contributed by atoms with Gasteiger partial charge in [-0.3, -0.25) is 4.57 Å². The van der Waals surface area contributed by atoms with Crippen LogP contribution in [0.25, 0.3) is 0 Å². The van der Waals surface area contributed by atoms with E-state index in [0.717, 1.165) is 13.0 Å². The first-order chi connectivity index (χ1) is 8.61. The minimum Gasteiger partial charge on any atom is -0.321 e. The minimum atomic E-state index is -5.46. The van der Waals surface area contributed by atoms with Crippen molar-refractivity contribution in [2.45, 2.75) is 36.3 Å². The van der Waals surface area contributed by atoms with Crippen LogP contribution in [0.1, 0.15) is 25.8 Å². The van der Waals surface area contributed by atoms with Crippen molar-refractivity contribution < 1.29 is 27.2 Å². The summed E-state index contributed by atoms with van der Waals surface area (Å²) in [6.07, 6.45) is -0.506. The predicted molar refractivity (Wildman–Crippen MR) is 69.2 cm³/mol. The molecule has 0 radical (unpaired) electrons. The van der Waals surface area contributed by atoms with Crippen LogP contribution in [0.5, 0.6) is 0 Å². The second-order valence-electron chi connectivity index (χ2n) is 4.05. The molecule has 1 aromatic rings. The Kier molecular flexibility index (Phi) is 4.57. The summed E-state index contributed by atoms with van der Waals surface area (Å²) in [4.78, 5) is 17.7. The first-order valence-electron chi connectivity index (χ1n) is 5.69. The lowest BCUT2D eigenvalue weighted by Gasteiger charge is -2.25. The number of hydrogen-bond acceptors (Lipinski definition) is 3. The van der Waals surface area contributed by atoms with Crippen molar-refractivity contribution >= 4 is 17.4 Å². The molecule has 0 spiro atoms. The van der Waals surface area contributed by atoms with E-state index in [1.165, 1.54) is 12.1 Å². The molecular weight excluding hydrogens is 294 g/mol. The highest BCUT2D eigenvalue weighted by Gasteiger charge is 2.58. The van der Waals surface area contributed by atoms with E-state index in [1.807, 2.05) is 0 Å². The molecule has 5 nitrogen and oxygen atoms in total. The standard InChI is InChI=1S/C11H16FO5PS/c1-3-9-7-5-6-8-10(9)19(16,17)11(12,4-2)18(13,14)15/h5-8H,3-4H2,1-2H3,(H2,13,14,15). The van der Waals surface area contributed by atoms with E-state index < -0.39 is 28.6 Å². The van der Waals surface area contributed by atoms with Gasteiger partial charge in [0.05, 0.1) is 4.90 Å². The Morgan fingerprint density at radius 1 is 1.26 bits per heavy atom. The van der Waals surface area contributed by atoms with Gasteiger partial charge in [0, 0.05) is 6.42 Å². The van der Waals surface area contributed by atoms with Gasteiger partial charge in [0.15, 0.2) is 0 Å². The molecule has 8 heteroatoms. The lowest BCUT2D eigenvalue weighted by molar-refractivity contribution is 0.262. The fraction of sp³-hybridized carbons (Fsp3) is 0.455. The number of halogens is 1. The summed E-state index contributed by atoms with van der Waals surface area (Å²) in [5, 5.41) is 0. The Morgan fingerprint density at radius 2 is 1.79 bits per heavy atom. The Balaban J connectivity index is 3.59. The first kappa shape index (κ1) is 16.3. The van der Waals surface area contributed by atoms with Gasteiger partial charge in [-0.05, 0) is 18.1 Å². The molecule has 1 unspecified atom stereocenters. The fourth-order valence-electron chi connectivity index (χ4n) is 1.78. The van der Waals surface area contributed by atoms with Crippen molar-refractivity contribution in [1.82, 2.24) is 0 Å². The van der Waals surface area contributed by atoms with Gasteiger partial charge in [-0.1, -0.05) is 32.0 Å². The van der Waals surface area contributed by atoms with Gasteiger partial charge in [-0.2, -0.15) is 0 Å². The third-order valence-corrected chi connectivity index (χ3v) is 7.64. The van der Waals surface area contributed by atoms with Crippen molar-refractivity contribution in [3.05, 3.63) is 29.8 Å². The molecular formula is C11H16FO5PS. The molecule has 1 atom stereocenters. The Labute approximate surface area is 111 Å². The highest BCUT2D eigenvalue weighted by atomic mass is 32.2. The van der Waals surface area contributed by atoms with Crippen molar-refractivity contribution in [2.75, 3.05) is 0 Å². The summed E-state index contributed by atoms with van der Waals surface area (Å²) in [5.74, 6) is 0. The zero-order valence-electron chi connectivity index (χ0n) is 10.6. The monoisotopic (exact) mass is 310 g/mol. The smallest absolute Gasteiger partial charge is 0.321 e. The second kappa shape index (κ2) is 5.32. The van der Waals surface area contributed by atoms with Crippen LogP contribution in [0.3, 0.4) is 0 Å². The lowest BCUT2D eigenvalue weighted by Crippen LogP contribution is -2.33. The van der Waals surface area contributed by atoms with Crippen LogP contribution >= 0.6 is 7.60 Å². The van der Waals surface area contributed by atoms with Crippen LogP contribution in [0, 0.1) is 0 Å². The molecule has 0 aromatic heterocycles. The molecule has 0 aliphatic carbocycles. The average Bonchev–Trinajstić information content (AvgIpc) is 2.36. The number of rotatable bonds is 5. The van der Waals surface area contributed by atoms with E-state index in [-0.39, 0.29) is 4.90 Å². The molecule has 0 aliphatic heterocycles. The number of sulfone groups is 1. The summed E-state index contributed by atoms with van der Waals surface area (Å²) in [6, 6.07) is 5.62. The van der Waals surface area contributed by atoms with Gasteiger partial charge in [-0.25, -0.2) is 12.8 Å². The van der Waals surface area contributed by atoms with Gasteiger partial charge in [0.25, 0.3) is 0 Å². The van der Waals surface area contributed by atoms with Crippen molar-refractivity contribution in [3.63, 3.8) is 0 Å². The quantitative estimate of drug-likeness (QED) is 0.814. The van der Waals surface area contributed by atoms with Gasteiger partial charge in [-0.15, -0.1) is 0 Å². The van der Waals surface area contributed by atoms with Gasteiger partial charge in [0.1, 0.15) is 0 Å². The molecule has 2 N–H and O–H groups in total. The van der Waals surface area contributed by atoms with E-state index in [0.29, 0.717) is 12.0 Å². The predicted octanol–water partition coefficient (Wildman–Crippen LogP) is 2.23. The van der Waals surface area contributed by atoms with Crippen LogP contribution in [0.15, 0.2) is 29.2 Å². The summed E-state index contributed by atoms with van der Waals surface area (Å²) >= 11 is 0. The number of alkyl halides is 1. The summed E-state index contributed by atoms with van der Waals surface area (Å²) in [6.45, 7) is 2.77. The van der Waals surface area contributed by atoms with Gasteiger partial charge < -0.3 is 9.79 Å². The first-order valence-corrected chi connectivity index (χ1v) is 8.78. The maximum absolute atomic E-state index is 14.5. The van der Waals surface area contributed by atoms with E-state index in [1.54, 1.807) is 13.0 Å². The highest BCUT2D eigenvalue weighted by Crippen LogP contribution is 2.58. The number of hydrogen-bond donors (Lipinski definition) is 2. The molecule has 1 aromatic carbocycles. The van der Waals surface area contributed by atoms with Crippen LogP contribution in [-0.2, 0) is 20.8 Å². The van der Waals surface area contributed by atoms with E-state index in [9.17, 15) is 17.4 Å². The maximum Gasteiger partial charge on any atom is 0.378 e. The Morgan fingerprint density at radius 3 is 2.21 bits per heavy atom. The lowest BCUT2D eigenvalue weighted by atomic mass is 10.2. The van der Waals surface area contributed by atoms with Crippen LogP contribution in [-0.4, -0.2) is 22.9 Å². The van der Waals surface area contributed by atoms with Crippen LogP contribution in [0.4, 0.5) is 4.39 Å². The summed E-state index contributed by atoms with van der Waals surface area (Å²) < 4.78 is 46.6. The zero-order valence-corrected chi connectivity index (χ0v) is 12.3. The van der Waals surface area contributed by atoms with Gasteiger partial charge in [0.2, 0.25) is 9.84 Å². The molecule has 0 saturated heterocycles. The topological polar surface area (TPSA) is 91.7 Å². The second-order valence-corrected chi connectivity index (χ2v) is 8.24. The SMILES string of the molecule is CCc1ccccc1S(=O)(=O)C(F)(CC)P(=O)(O)O. The zero-order chi connectivity index (χ0) is 14.9. The van der Waals surface area contributed by atoms with E-state index >= 15 is 0 Å². The molecule has 0 aliphatic rings. The van der Waals surface area contributed by atoms with Crippen LogP contribution < -0.4 is 0 Å². The largest absolute Gasteiger partial charge is 0.378 e. The summed E-state index contributed by atoms with van der Waals surface area (Å²) in [7, 11) is -10.2. The molecule has 1 rings (SSSR count). The highest BCUT2D eigenvalue weighted by molar-refractivity contribution is 7.99. The normalized spacial score (nSPS) is 16.1. The molecule has 108 valence electrons. The van der Waals surface area contributed by atoms with E-state index in [2.05, 4.69) is 0 Å². The maximum atomic E-state index is 14.5. The third kappa shape index (κ3) is 2.60. The molecule has 0 heterocycles. The average molecular weight is 310 g/mol. The van der Waals surface area contributed by atoms with Gasteiger partial charge >= 0.3 is 12.3 Å². The Hall–Kier alpha value is -0.750. The fourth-order valence-corrected chi connectivity index (χ4v) is 5.27. The molecule has 0 saturated carbocycles. The van der Waals surface area contributed by atoms with Crippen molar-refractivity contribution in [3.8, 4) is 0 Å². The molecule has 0 amide bonds.